The van der Waals surface area contributed by atoms with Crippen molar-refractivity contribution in [3.05, 3.63) is 48.3 Å². The Morgan fingerprint density at radius 3 is 1.73 bits per heavy atom. The SMILES string of the molecule is Cc1cn([Si](C(C)C)(C(C)C)C(C)C)cc1-c1ccccc1. The fraction of sp³-hybridized carbons (Fsp3) is 0.500. The maximum absolute atomic E-state index is 2.64. The van der Waals surface area contributed by atoms with Crippen LogP contribution in [0.4, 0.5) is 0 Å². The van der Waals surface area contributed by atoms with Gasteiger partial charge in [0.2, 0.25) is 0 Å². The Bertz CT molecular complexity index is 586. The van der Waals surface area contributed by atoms with Gasteiger partial charge >= 0.3 is 0 Å². The van der Waals surface area contributed by atoms with Crippen molar-refractivity contribution >= 4 is 8.24 Å². The zero-order chi connectivity index (χ0) is 16.5. The summed E-state index contributed by atoms with van der Waals surface area (Å²) in [6.07, 6.45) is 4.84. The maximum Gasteiger partial charge on any atom is 0.168 e. The summed E-state index contributed by atoms with van der Waals surface area (Å²) in [7, 11) is -1.63. The van der Waals surface area contributed by atoms with Crippen LogP contribution >= 0.6 is 0 Å². The van der Waals surface area contributed by atoms with E-state index in [1.54, 1.807) is 0 Å². The smallest absolute Gasteiger partial charge is 0.168 e. The lowest BCUT2D eigenvalue weighted by molar-refractivity contribution is 0.765. The molecule has 2 aromatic rings. The molecule has 1 nitrogen and oxygen atoms in total. The average molecular weight is 314 g/mol. The highest BCUT2D eigenvalue weighted by Gasteiger charge is 2.45. The van der Waals surface area contributed by atoms with E-state index < -0.39 is 8.24 Å². The van der Waals surface area contributed by atoms with E-state index in [1.807, 2.05) is 0 Å². The Labute approximate surface area is 137 Å². The van der Waals surface area contributed by atoms with Gasteiger partial charge in [-0.2, -0.15) is 0 Å². The van der Waals surface area contributed by atoms with Crippen LogP contribution in [0.2, 0.25) is 16.6 Å². The molecule has 0 atom stereocenters. The number of hydrogen-bond acceptors (Lipinski definition) is 0. The second-order valence-corrected chi connectivity index (χ2v) is 13.2. The molecule has 120 valence electrons. The Kier molecular flexibility index (Phi) is 5.01. The highest BCUT2D eigenvalue weighted by atomic mass is 28.3. The van der Waals surface area contributed by atoms with Crippen molar-refractivity contribution in [2.45, 2.75) is 65.1 Å². The first-order valence-corrected chi connectivity index (χ1v) is 10.7. The van der Waals surface area contributed by atoms with E-state index in [0.717, 1.165) is 16.6 Å². The minimum absolute atomic E-state index is 0.725. The quantitative estimate of drug-likeness (QED) is 0.556. The van der Waals surface area contributed by atoms with Crippen molar-refractivity contribution in [3.8, 4) is 11.1 Å². The molecule has 0 saturated carbocycles. The van der Waals surface area contributed by atoms with E-state index in [1.165, 1.54) is 16.7 Å². The van der Waals surface area contributed by atoms with Crippen LogP contribution in [0.5, 0.6) is 0 Å². The topological polar surface area (TPSA) is 4.93 Å². The van der Waals surface area contributed by atoms with E-state index in [2.05, 4.69) is 95.4 Å². The standard InChI is InChI=1S/C20H31NSi/c1-15(2)22(16(3)4,17(5)6)21-13-18(7)20(14-21)19-11-9-8-10-12-19/h8-17H,1-7H3. The molecule has 0 aliphatic heterocycles. The summed E-state index contributed by atoms with van der Waals surface area (Å²) in [5, 5.41) is 0. The van der Waals surface area contributed by atoms with E-state index in [4.69, 9.17) is 0 Å². The molecular weight excluding hydrogens is 282 g/mol. The summed E-state index contributed by atoms with van der Waals surface area (Å²) in [6, 6.07) is 10.8. The first-order chi connectivity index (χ1) is 10.3. The first-order valence-electron chi connectivity index (χ1n) is 8.56. The molecule has 1 aromatic heterocycles. The van der Waals surface area contributed by atoms with Crippen molar-refractivity contribution in [2.24, 2.45) is 0 Å². The lowest BCUT2D eigenvalue weighted by atomic mass is 10.1. The molecule has 22 heavy (non-hydrogen) atoms. The van der Waals surface area contributed by atoms with Gasteiger partial charge in [-0.05, 0) is 40.9 Å². The Balaban J connectivity index is 2.61. The zero-order valence-electron chi connectivity index (χ0n) is 15.2. The van der Waals surface area contributed by atoms with Crippen LogP contribution in [0.1, 0.15) is 47.1 Å². The van der Waals surface area contributed by atoms with Gasteiger partial charge in [0.1, 0.15) is 0 Å². The Morgan fingerprint density at radius 2 is 1.27 bits per heavy atom. The van der Waals surface area contributed by atoms with Gasteiger partial charge < -0.3 is 4.23 Å². The monoisotopic (exact) mass is 313 g/mol. The van der Waals surface area contributed by atoms with Gasteiger partial charge in [0, 0.05) is 11.8 Å². The third-order valence-corrected chi connectivity index (χ3v) is 12.0. The largest absolute Gasteiger partial charge is 0.379 e. The number of rotatable bonds is 5. The predicted molar refractivity (Wildman–Crippen MR) is 101 cm³/mol. The average Bonchev–Trinajstić information content (AvgIpc) is 2.81. The second kappa shape index (κ2) is 6.45. The minimum Gasteiger partial charge on any atom is -0.379 e. The fourth-order valence-corrected chi connectivity index (χ4v) is 11.2. The first kappa shape index (κ1) is 17.1. The Hall–Kier alpha value is -1.28. The van der Waals surface area contributed by atoms with Gasteiger partial charge in [-0.3, -0.25) is 0 Å². The summed E-state index contributed by atoms with van der Waals surface area (Å²) >= 11 is 0. The molecule has 0 fully saturated rings. The van der Waals surface area contributed by atoms with Crippen LogP contribution in [-0.4, -0.2) is 12.5 Å². The van der Waals surface area contributed by atoms with E-state index in [0.29, 0.717) is 0 Å². The maximum atomic E-state index is 2.64. The zero-order valence-corrected chi connectivity index (χ0v) is 16.2. The molecule has 0 aliphatic carbocycles. The van der Waals surface area contributed by atoms with Crippen molar-refractivity contribution < 1.29 is 0 Å². The van der Waals surface area contributed by atoms with E-state index in [9.17, 15) is 0 Å². The van der Waals surface area contributed by atoms with Crippen molar-refractivity contribution in [1.82, 2.24) is 4.23 Å². The molecule has 0 unspecified atom stereocenters. The van der Waals surface area contributed by atoms with Gasteiger partial charge in [-0.25, -0.2) is 0 Å². The third-order valence-electron chi connectivity index (χ3n) is 5.33. The second-order valence-electron chi connectivity index (χ2n) is 7.48. The number of nitrogens with zero attached hydrogens (tertiary/aromatic N) is 1. The molecule has 0 aliphatic rings. The summed E-state index contributed by atoms with van der Waals surface area (Å²) in [5.74, 6) is 0. The third kappa shape index (κ3) is 2.69. The van der Waals surface area contributed by atoms with E-state index >= 15 is 0 Å². The number of aromatic nitrogens is 1. The summed E-state index contributed by atoms with van der Waals surface area (Å²) in [4.78, 5) is 0. The molecule has 1 aromatic carbocycles. The van der Waals surface area contributed by atoms with Crippen molar-refractivity contribution in [3.63, 3.8) is 0 Å². The van der Waals surface area contributed by atoms with Gasteiger partial charge in [0.05, 0.1) is 0 Å². The molecular formula is C20H31NSi. The predicted octanol–water partition coefficient (Wildman–Crippen LogP) is 6.49. The van der Waals surface area contributed by atoms with E-state index in [-0.39, 0.29) is 0 Å². The molecule has 1 heterocycles. The molecule has 0 saturated heterocycles. The molecule has 0 spiro atoms. The van der Waals surface area contributed by atoms with Crippen LogP contribution in [0.15, 0.2) is 42.7 Å². The Morgan fingerprint density at radius 1 is 0.773 bits per heavy atom. The molecule has 2 rings (SSSR count). The van der Waals surface area contributed by atoms with Crippen LogP contribution < -0.4 is 0 Å². The van der Waals surface area contributed by atoms with Crippen molar-refractivity contribution in [1.29, 1.82) is 0 Å². The number of benzene rings is 1. The van der Waals surface area contributed by atoms with Crippen molar-refractivity contribution in [2.75, 3.05) is 0 Å². The summed E-state index contributed by atoms with van der Waals surface area (Å²) in [5.41, 5.74) is 6.29. The van der Waals surface area contributed by atoms with Gasteiger partial charge in [-0.15, -0.1) is 0 Å². The lowest BCUT2D eigenvalue weighted by Crippen LogP contribution is -2.51. The summed E-state index contributed by atoms with van der Waals surface area (Å²) in [6.45, 7) is 16.8. The highest BCUT2D eigenvalue weighted by molar-refractivity contribution is 6.82. The lowest BCUT2D eigenvalue weighted by Gasteiger charge is -2.44. The van der Waals surface area contributed by atoms with Crippen LogP contribution in [-0.2, 0) is 0 Å². The normalized spacial score (nSPS) is 12.6. The van der Waals surface area contributed by atoms with Crippen LogP contribution in [0.3, 0.4) is 0 Å². The van der Waals surface area contributed by atoms with Crippen LogP contribution in [0, 0.1) is 6.92 Å². The number of aryl methyl sites for hydroxylation is 1. The van der Waals surface area contributed by atoms with Gasteiger partial charge in [0.15, 0.2) is 8.24 Å². The number of hydrogen-bond donors (Lipinski definition) is 0. The van der Waals surface area contributed by atoms with Crippen LogP contribution in [0.25, 0.3) is 11.1 Å². The molecule has 0 N–H and O–H groups in total. The molecule has 0 radical (unpaired) electrons. The fourth-order valence-electron chi connectivity index (χ4n) is 4.59. The van der Waals surface area contributed by atoms with Gasteiger partial charge in [0.25, 0.3) is 0 Å². The van der Waals surface area contributed by atoms with Gasteiger partial charge in [-0.1, -0.05) is 71.9 Å². The molecule has 0 bridgehead atoms. The molecule has 2 heteroatoms. The highest BCUT2D eigenvalue weighted by Crippen LogP contribution is 2.43. The minimum atomic E-state index is -1.63. The molecule has 0 amide bonds. The summed E-state index contributed by atoms with van der Waals surface area (Å²) < 4.78 is 2.64.